The van der Waals surface area contributed by atoms with Gasteiger partial charge in [0.25, 0.3) is 10.0 Å². The van der Waals surface area contributed by atoms with Crippen molar-refractivity contribution in [3.8, 4) is 5.75 Å². The average Bonchev–Trinajstić information content (AvgIpc) is 3.22. The number of carbonyl (C=O) groups is 1. The van der Waals surface area contributed by atoms with Crippen molar-refractivity contribution in [1.29, 1.82) is 0 Å². The maximum atomic E-state index is 12.9. The lowest BCUT2D eigenvalue weighted by atomic mass is 10.3. The first-order valence-corrected chi connectivity index (χ1v) is 10.2. The lowest BCUT2D eigenvalue weighted by Crippen LogP contribution is -2.15. The zero-order valence-corrected chi connectivity index (χ0v) is 16.8. The molecule has 0 unspecified atom stereocenters. The van der Waals surface area contributed by atoms with Crippen molar-refractivity contribution < 1.29 is 22.4 Å². The van der Waals surface area contributed by atoms with E-state index in [0.29, 0.717) is 5.76 Å². The van der Waals surface area contributed by atoms with E-state index in [2.05, 4.69) is 10.0 Å². The number of hydrogen-bond acceptors (Lipinski definition) is 5. The highest BCUT2D eigenvalue weighted by atomic mass is 35.5. The number of methoxy groups -OCH3 is 1. The van der Waals surface area contributed by atoms with Crippen LogP contribution in [0.5, 0.6) is 5.75 Å². The second kappa shape index (κ2) is 8.85. The van der Waals surface area contributed by atoms with E-state index in [4.69, 9.17) is 20.8 Å². The van der Waals surface area contributed by atoms with Gasteiger partial charge in [0, 0.05) is 11.8 Å². The second-order valence-corrected chi connectivity index (χ2v) is 7.85. The summed E-state index contributed by atoms with van der Waals surface area (Å²) in [5, 5.41) is 2.85. The molecule has 1 aromatic heterocycles. The zero-order chi connectivity index (χ0) is 20.9. The van der Waals surface area contributed by atoms with Gasteiger partial charge in [0.1, 0.15) is 16.4 Å². The number of anilines is 2. The summed E-state index contributed by atoms with van der Waals surface area (Å²) in [4.78, 5) is 12.0. The van der Waals surface area contributed by atoms with Crippen LogP contribution in [-0.4, -0.2) is 21.4 Å². The van der Waals surface area contributed by atoms with Crippen molar-refractivity contribution in [3.05, 3.63) is 77.7 Å². The molecular weight excluding hydrogens is 416 g/mol. The molecule has 150 valence electrons. The van der Waals surface area contributed by atoms with Crippen LogP contribution in [0.1, 0.15) is 5.76 Å². The predicted octanol–water partition coefficient (Wildman–Crippen LogP) is 4.39. The molecule has 0 aliphatic carbocycles. The molecule has 0 fully saturated rings. The molecule has 7 nitrogen and oxygen atoms in total. The van der Waals surface area contributed by atoms with Gasteiger partial charge in [-0.1, -0.05) is 23.7 Å². The number of nitrogens with one attached hydrogen (secondary N) is 2. The smallest absolute Gasteiger partial charge is 0.265 e. The minimum atomic E-state index is -4.03. The second-order valence-electron chi connectivity index (χ2n) is 5.79. The molecule has 3 rings (SSSR count). The normalized spacial score (nSPS) is 11.4. The molecule has 0 spiro atoms. The highest BCUT2D eigenvalue weighted by Gasteiger charge is 2.21. The van der Waals surface area contributed by atoms with Crippen LogP contribution in [-0.2, 0) is 14.8 Å². The molecule has 2 N–H and O–H groups in total. The lowest BCUT2D eigenvalue weighted by molar-refractivity contribution is -0.111. The molecule has 1 amide bonds. The summed E-state index contributed by atoms with van der Waals surface area (Å²) in [6, 6.07) is 14.1. The first-order valence-electron chi connectivity index (χ1n) is 8.37. The van der Waals surface area contributed by atoms with Crippen molar-refractivity contribution in [2.75, 3.05) is 17.1 Å². The van der Waals surface area contributed by atoms with Crippen LogP contribution in [0.4, 0.5) is 11.4 Å². The first-order chi connectivity index (χ1) is 13.9. The van der Waals surface area contributed by atoms with E-state index in [1.807, 2.05) is 0 Å². The summed E-state index contributed by atoms with van der Waals surface area (Å²) in [5.74, 6) is 0.185. The summed E-state index contributed by atoms with van der Waals surface area (Å²) in [6.45, 7) is 0. The number of amides is 1. The molecule has 0 saturated heterocycles. The highest BCUT2D eigenvalue weighted by molar-refractivity contribution is 7.92. The van der Waals surface area contributed by atoms with Crippen molar-refractivity contribution >= 4 is 45.0 Å². The lowest BCUT2D eigenvalue weighted by Gasteiger charge is -2.14. The number of ether oxygens (including phenoxy) is 1. The van der Waals surface area contributed by atoms with Gasteiger partial charge in [0.2, 0.25) is 5.91 Å². The molecule has 0 aliphatic rings. The van der Waals surface area contributed by atoms with Crippen LogP contribution >= 0.6 is 11.6 Å². The number of para-hydroxylation sites is 1. The minimum Gasteiger partial charge on any atom is -0.495 e. The summed E-state index contributed by atoms with van der Waals surface area (Å²) in [7, 11) is -2.67. The van der Waals surface area contributed by atoms with E-state index >= 15 is 0 Å². The van der Waals surface area contributed by atoms with E-state index in [9.17, 15) is 13.2 Å². The third-order valence-electron chi connectivity index (χ3n) is 3.78. The molecule has 3 aromatic rings. The Morgan fingerprint density at radius 2 is 1.93 bits per heavy atom. The summed E-state index contributed by atoms with van der Waals surface area (Å²) >= 11 is 6.04. The number of sulfonamides is 1. The van der Waals surface area contributed by atoms with Gasteiger partial charge >= 0.3 is 0 Å². The molecule has 29 heavy (non-hydrogen) atoms. The number of halogens is 1. The first kappa shape index (κ1) is 20.5. The fraction of sp³-hybridized carbons (Fsp3) is 0.0500. The van der Waals surface area contributed by atoms with Gasteiger partial charge in [0.15, 0.2) is 0 Å². The van der Waals surface area contributed by atoms with Gasteiger partial charge in [-0.2, -0.15) is 0 Å². The molecule has 2 aromatic carbocycles. The van der Waals surface area contributed by atoms with E-state index in [1.54, 1.807) is 30.3 Å². The van der Waals surface area contributed by atoms with Gasteiger partial charge in [-0.25, -0.2) is 8.42 Å². The Balaban J connectivity index is 1.84. The molecule has 0 radical (unpaired) electrons. The largest absolute Gasteiger partial charge is 0.495 e. The topological polar surface area (TPSA) is 97.6 Å². The molecule has 0 saturated carbocycles. The van der Waals surface area contributed by atoms with Crippen LogP contribution < -0.4 is 14.8 Å². The van der Waals surface area contributed by atoms with E-state index in [-0.39, 0.29) is 27.0 Å². The van der Waals surface area contributed by atoms with E-state index in [0.717, 1.165) is 0 Å². The van der Waals surface area contributed by atoms with Crippen molar-refractivity contribution in [2.24, 2.45) is 0 Å². The Hall–Kier alpha value is -3.23. The molecular formula is C20H17ClN2O5S. The summed E-state index contributed by atoms with van der Waals surface area (Å²) in [6.07, 6.45) is 4.26. The highest BCUT2D eigenvalue weighted by Crippen LogP contribution is 2.30. The fourth-order valence-electron chi connectivity index (χ4n) is 2.44. The van der Waals surface area contributed by atoms with Crippen LogP contribution in [0.25, 0.3) is 6.08 Å². The third kappa shape index (κ3) is 5.18. The maximum absolute atomic E-state index is 12.9. The van der Waals surface area contributed by atoms with E-state index in [1.165, 1.54) is 49.8 Å². The van der Waals surface area contributed by atoms with Gasteiger partial charge in [-0.3, -0.25) is 9.52 Å². The Morgan fingerprint density at radius 1 is 1.14 bits per heavy atom. The van der Waals surface area contributed by atoms with Gasteiger partial charge in [-0.05, 0) is 48.5 Å². The maximum Gasteiger partial charge on any atom is 0.265 e. The van der Waals surface area contributed by atoms with E-state index < -0.39 is 15.9 Å². The third-order valence-corrected chi connectivity index (χ3v) is 5.50. The number of benzene rings is 2. The van der Waals surface area contributed by atoms with Crippen molar-refractivity contribution in [3.63, 3.8) is 0 Å². The Bertz CT molecular complexity index is 1140. The van der Waals surface area contributed by atoms with Gasteiger partial charge in [0.05, 0.1) is 24.1 Å². The summed E-state index contributed by atoms with van der Waals surface area (Å²) in [5.41, 5.74) is 0.506. The number of hydrogen-bond donors (Lipinski definition) is 2. The molecule has 0 aliphatic heterocycles. The van der Waals surface area contributed by atoms with Crippen LogP contribution in [0.3, 0.4) is 0 Å². The molecule has 9 heteroatoms. The van der Waals surface area contributed by atoms with Gasteiger partial charge < -0.3 is 14.5 Å². The molecule has 1 heterocycles. The number of furan rings is 1. The van der Waals surface area contributed by atoms with Crippen molar-refractivity contribution in [1.82, 2.24) is 0 Å². The minimum absolute atomic E-state index is 0.119. The van der Waals surface area contributed by atoms with Crippen LogP contribution in [0, 0.1) is 0 Å². The SMILES string of the molecule is COc1ccc(NC(=O)C=Cc2ccco2)cc1S(=O)(=O)Nc1ccccc1Cl. The zero-order valence-electron chi connectivity index (χ0n) is 15.3. The Kier molecular flexibility index (Phi) is 6.26. The molecule has 0 atom stereocenters. The van der Waals surface area contributed by atoms with Crippen LogP contribution in [0.15, 0.2) is 76.2 Å². The van der Waals surface area contributed by atoms with Crippen LogP contribution in [0.2, 0.25) is 5.02 Å². The quantitative estimate of drug-likeness (QED) is 0.539. The van der Waals surface area contributed by atoms with Crippen molar-refractivity contribution in [2.45, 2.75) is 4.90 Å². The van der Waals surface area contributed by atoms with Gasteiger partial charge in [-0.15, -0.1) is 0 Å². The average molecular weight is 433 g/mol. The number of rotatable bonds is 7. The Morgan fingerprint density at radius 3 is 2.62 bits per heavy atom. The fourth-order valence-corrected chi connectivity index (χ4v) is 3.95. The summed E-state index contributed by atoms with van der Waals surface area (Å²) < 4.78 is 38.4. The Labute approximate surface area is 173 Å². The number of carbonyl (C=O) groups excluding carboxylic acids is 1. The standard InChI is InChI=1S/C20H17ClN2O5S/c1-27-18-10-8-14(22-20(24)11-9-15-5-4-12-28-15)13-19(18)29(25,26)23-17-7-3-2-6-16(17)21/h2-13,23H,1H3,(H,22,24). The predicted molar refractivity (Wildman–Crippen MR) is 112 cm³/mol. The monoisotopic (exact) mass is 432 g/mol. The molecule has 0 bridgehead atoms.